The number of para-hydroxylation sites is 2. The number of allylic oxidation sites excluding steroid dienone is 1. The van der Waals surface area contributed by atoms with E-state index in [9.17, 15) is 4.79 Å². The van der Waals surface area contributed by atoms with E-state index in [0.29, 0.717) is 6.61 Å². The van der Waals surface area contributed by atoms with Crippen molar-refractivity contribution < 1.29 is 14.3 Å². The molecule has 1 N–H and O–H groups in total. The largest absolute Gasteiger partial charge is 0.493 e. The van der Waals surface area contributed by atoms with Crippen LogP contribution in [-0.2, 0) is 17.8 Å². The third-order valence-corrected chi connectivity index (χ3v) is 6.02. The van der Waals surface area contributed by atoms with Gasteiger partial charge in [0.25, 0.3) is 0 Å². The number of amides is 1. The fourth-order valence-electron chi connectivity index (χ4n) is 4.08. The van der Waals surface area contributed by atoms with E-state index in [1.54, 1.807) is 7.11 Å². The molecule has 4 rings (SSSR count). The highest BCUT2D eigenvalue weighted by Crippen LogP contribution is 2.31. The second-order valence-electron chi connectivity index (χ2n) is 8.65. The Bertz CT molecular complexity index is 1120. The quantitative estimate of drug-likeness (QED) is 0.305. The number of nitrogens with zero attached hydrogens (tertiary/aromatic N) is 2. The van der Waals surface area contributed by atoms with E-state index in [-0.39, 0.29) is 17.9 Å². The van der Waals surface area contributed by atoms with Crippen LogP contribution in [0.4, 0.5) is 0 Å². The molecule has 1 fully saturated rings. The van der Waals surface area contributed by atoms with Crippen LogP contribution in [0, 0.1) is 5.92 Å². The molecule has 0 saturated heterocycles. The van der Waals surface area contributed by atoms with Gasteiger partial charge in [0.05, 0.1) is 30.8 Å². The van der Waals surface area contributed by atoms with Gasteiger partial charge in [-0.3, -0.25) is 4.79 Å². The highest BCUT2D eigenvalue weighted by atomic mass is 16.5. The van der Waals surface area contributed by atoms with Crippen molar-refractivity contribution in [1.29, 1.82) is 0 Å². The molecule has 33 heavy (non-hydrogen) atoms. The predicted octanol–water partition coefficient (Wildman–Crippen LogP) is 5.22. The first-order valence-corrected chi connectivity index (χ1v) is 11.8. The summed E-state index contributed by atoms with van der Waals surface area (Å²) in [7, 11) is 1.66. The van der Waals surface area contributed by atoms with Gasteiger partial charge in [0.1, 0.15) is 5.82 Å². The van der Waals surface area contributed by atoms with Crippen LogP contribution in [0.15, 0.2) is 55.1 Å². The lowest BCUT2D eigenvalue weighted by atomic mass is 10.1. The summed E-state index contributed by atoms with van der Waals surface area (Å²) in [4.78, 5) is 17.1. The van der Waals surface area contributed by atoms with E-state index in [2.05, 4.69) is 22.5 Å². The molecule has 0 bridgehead atoms. The zero-order chi connectivity index (χ0) is 23.2. The fourth-order valence-corrected chi connectivity index (χ4v) is 4.08. The van der Waals surface area contributed by atoms with E-state index >= 15 is 0 Å². The average molecular weight is 448 g/mol. The van der Waals surface area contributed by atoms with Gasteiger partial charge in [-0.25, -0.2) is 4.98 Å². The summed E-state index contributed by atoms with van der Waals surface area (Å²) >= 11 is 0. The molecule has 0 spiro atoms. The third-order valence-electron chi connectivity index (χ3n) is 6.02. The standard InChI is InChI=1S/C27H33N3O3/c1-4-9-20-12-15-24(25(18-20)32-3)33-17-8-7-16-30-23-11-6-5-10-22(23)29-26(30)19(2)28-27(31)21-13-14-21/h4-6,10-12,15,18-19,21H,1,7-9,13-14,16-17H2,2-3H3,(H,28,31). The number of carbonyl (C=O) groups is 1. The summed E-state index contributed by atoms with van der Waals surface area (Å²) in [6.45, 7) is 7.23. The molecule has 0 radical (unpaired) electrons. The molecule has 3 aromatic rings. The van der Waals surface area contributed by atoms with Crippen LogP contribution in [0.2, 0.25) is 0 Å². The second kappa shape index (κ2) is 10.6. The van der Waals surface area contributed by atoms with Crippen molar-refractivity contribution in [2.45, 2.75) is 51.6 Å². The molecule has 1 heterocycles. The number of rotatable bonds is 12. The lowest BCUT2D eigenvalue weighted by Gasteiger charge is -2.16. The number of aryl methyl sites for hydroxylation is 1. The molecular weight excluding hydrogens is 414 g/mol. The molecule has 1 aromatic heterocycles. The van der Waals surface area contributed by atoms with E-state index in [0.717, 1.165) is 72.6 Å². The summed E-state index contributed by atoms with van der Waals surface area (Å²) in [5.41, 5.74) is 3.21. The van der Waals surface area contributed by atoms with Crippen molar-refractivity contribution in [3.63, 3.8) is 0 Å². The third kappa shape index (κ3) is 5.56. The van der Waals surface area contributed by atoms with Crippen LogP contribution in [0.25, 0.3) is 11.0 Å². The maximum absolute atomic E-state index is 12.3. The van der Waals surface area contributed by atoms with Gasteiger partial charge >= 0.3 is 0 Å². The maximum Gasteiger partial charge on any atom is 0.223 e. The first-order chi connectivity index (χ1) is 16.1. The second-order valence-corrected chi connectivity index (χ2v) is 8.65. The molecule has 1 unspecified atom stereocenters. The zero-order valence-electron chi connectivity index (χ0n) is 19.5. The Morgan fingerprint density at radius 1 is 1.24 bits per heavy atom. The van der Waals surface area contributed by atoms with Gasteiger partial charge in [0.2, 0.25) is 5.91 Å². The van der Waals surface area contributed by atoms with E-state index in [4.69, 9.17) is 14.5 Å². The summed E-state index contributed by atoms with van der Waals surface area (Å²) in [6.07, 6.45) is 6.51. The number of hydrogen-bond acceptors (Lipinski definition) is 4. The van der Waals surface area contributed by atoms with Crippen LogP contribution in [0.5, 0.6) is 11.5 Å². The van der Waals surface area contributed by atoms with Crippen LogP contribution in [0.1, 0.15) is 50.0 Å². The van der Waals surface area contributed by atoms with E-state index in [1.165, 1.54) is 0 Å². The molecule has 1 saturated carbocycles. The molecule has 1 atom stereocenters. The van der Waals surface area contributed by atoms with Crippen LogP contribution >= 0.6 is 0 Å². The zero-order valence-corrected chi connectivity index (χ0v) is 19.5. The van der Waals surface area contributed by atoms with Crippen molar-refractivity contribution >= 4 is 16.9 Å². The Morgan fingerprint density at radius 2 is 2.06 bits per heavy atom. The predicted molar refractivity (Wildman–Crippen MR) is 131 cm³/mol. The Labute approximate surface area is 195 Å². The number of hydrogen-bond donors (Lipinski definition) is 1. The number of unbranched alkanes of at least 4 members (excludes halogenated alkanes) is 1. The molecule has 0 aliphatic heterocycles. The molecule has 6 nitrogen and oxygen atoms in total. The number of nitrogens with one attached hydrogen (secondary N) is 1. The van der Waals surface area contributed by atoms with Crippen LogP contribution < -0.4 is 14.8 Å². The topological polar surface area (TPSA) is 65.4 Å². The van der Waals surface area contributed by atoms with Gasteiger partial charge < -0.3 is 19.4 Å². The number of fused-ring (bicyclic) bond motifs is 1. The lowest BCUT2D eigenvalue weighted by Crippen LogP contribution is -2.29. The summed E-state index contributed by atoms with van der Waals surface area (Å²) in [6, 6.07) is 14.0. The van der Waals surface area contributed by atoms with Gasteiger partial charge in [-0.15, -0.1) is 6.58 Å². The summed E-state index contributed by atoms with van der Waals surface area (Å²) in [5, 5.41) is 3.14. The van der Waals surface area contributed by atoms with Crippen molar-refractivity contribution in [2.75, 3.05) is 13.7 Å². The normalized spacial score (nSPS) is 14.1. The van der Waals surface area contributed by atoms with Crippen molar-refractivity contribution in [3.8, 4) is 11.5 Å². The SMILES string of the molecule is C=CCc1ccc(OCCCCn2c(C(C)NC(=O)C3CC3)nc3ccccc32)c(OC)c1. The minimum absolute atomic E-state index is 0.125. The number of ether oxygens (including phenoxy) is 2. The van der Waals surface area contributed by atoms with E-state index < -0.39 is 0 Å². The smallest absolute Gasteiger partial charge is 0.223 e. The van der Waals surface area contributed by atoms with Gasteiger partial charge in [-0.05, 0) is 68.9 Å². The number of imidazole rings is 1. The maximum atomic E-state index is 12.3. The fraction of sp³-hybridized carbons (Fsp3) is 0.407. The number of methoxy groups -OCH3 is 1. The van der Waals surface area contributed by atoms with E-state index in [1.807, 2.05) is 49.4 Å². The van der Waals surface area contributed by atoms with Crippen molar-refractivity contribution in [2.24, 2.45) is 5.92 Å². The number of carbonyl (C=O) groups excluding carboxylic acids is 1. The minimum Gasteiger partial charge on any atom is -0.493 e. The number of aromatic nitrogens is 2. The molecular formula is C27H33N3O3. The highest BCUT2D eigenvalue weighted by Gasteiger charge is 2.31. The summed E-state index contributed by atoms with van der Waals surface area (Å²) < 4.78 is 13.7. The van der Waals surface area contributed by atoms with Gasteiger partial charge in [0, 0.05) is 12.5 Å². The molecule has 2 aromatic carbocycles. The Hall–Kier alpha value is -3.28. The molecule has 1 aliphatic carbocycles. The van der Waals surface area contributed by atoms with Gasteiger partial charge in [0.15, 0.2) is 11.5 Å². The first kappa shape index (κ1) is 22.9. The minimum atomic E-state index is -0.125. The molecule has 1 aliphatic rings. The average Bonchev–Trinajstić information content (AvgIpc) is 3.61. The molecule has 1 amide bonds. The van der Waals surface area contributed by atoms with Crippen LogP contribution in [-0.4, -0.2) is 29.2 Å². The number of benzene rings is 2. The Morgan fingerprint density at radius 3 is 2.82 bits per heavy atom. The lowest BCUT2D eigenvalue weighted by molar-refractivity contribution is -0.123. The Kier molecular flexibility index (Phi) is 7.33. The van der Waals surface area contributed by atoms with Crippen molar-refractivity contribution in [1.82, 2.24) is 14.9 Å². The Balaban J connectivity index is 1.37. The first-order valence-electron chi connectivity index (χ1n) is 11.8. The highest BCUT2D eigenvalue weighted by molar-refractivity contribution is 5.81. The van der Waals surface area contributed by atoms with Crippen molar-refractivity contribution in [3.05, 3.63) is 66.5 Å². The van der Waals surface area contributed by atoms with Gasteiger partial charge in [-0.1, -0.05) is 24.3 Å². The van der Waals surface area contributed by atoms with Crippen LogP contribution in [0.3, 0.4) is 0 Å². The monoisotopic (exact) mass is 447 g/mol. The molecule has 174 valence electrons. The molecule has 6 heteroatoms. The summed E-state index contributed by atoms with van der Waals surface area (Å²) in [5.74, 6) is 2.74. The van der Waals surface area contributed by atoms with Gasteiger partial charge in [-0.2, -0.15) is 0 Å².